The monoisotopic (exact) mass is 264 g/mol. The molecular weight excluding hydrogens is 240 g/mol. The third kappa shape index (κ3) is 3.90. The van der Waals surface area contributed by atoms with Gasteiger partial charge in [0.15, 0.2) is 0 Å². The van der Waals surface area contributed by atoms with Gasteiger partial charge in [0.05, 0.1) is 12.2 Å². The maximum Gasteiger partial charge on any atom is 0.208 e. The van der Waals surface area contributed by atoms with Crippen LogP contribution < -0.4 is 0 Å². The number of Topliss-reactive ketones (excluding diaryl/α,β-unsaturated/α-hetero) is 1. The molecule has 1 atom stereocenters. The first-order valence-electron chi connectivity index (χ1n) is 7.22. The summed E-state index contributed by atoms with van der Waals surface area (Å²) in [5, 5.41) is 0. The van der Waals surface area contributed by atoms with Crippen LogP contribution in [0.2, 0.25) is 0 Å². The molecule has 1 saturated heterocycles. The third-order valence-electron chi connectivity index (χ3n) is 3.93. The predicted molar refractivity (Wildman–Crippen MR) is 73.9 cm³/mol. The molecule has 1 fully saturated rings. The molecule has 1 unspecified atom stereocenters. The van der Waals surface area contributed by atoms with Crippen molar-refractivity contribution in [3.8, 4) is 0 Å². The topological polar surface area (TPSA) is 46.3 Å². The van der Waals surface area contributed by atoms with Crippen LogP contribution in [0.5, 0.6) is 0 Å². The number of rotatable bonds is 4. The van der Waals surface area contributed by atoms with Crippen molar-refractivity contribution < 1.29 is 9.21 Å². The van der Waals surface area contributed by atoms with Gasteiger partial charge in [-0.25, -0.2) is 4.98 Å². The van der Waals surface area contributed by atoms with Crippen molar-refractivity contribution in [3.05, 3.63) is 17.3 Å². The van der Waals surface area contributed by atoms with E-state index >= 15 is 0 Å². The van der Waals surface area contributed by atoms with E-state index in [1.165, 1.54) is 19.3 Å². The lowest BCUT2D eigenvalue weighted by molar-refractivity contribution is -0.118. The van der Waals surface area contributed by atoms with Crippen LogP contribution in [0.15, 0.2) is 4.42 Å². The summed E-state index contributed by atoms with van der Waals surface area (Å²) in [6, 6.07) is 0.354. The zero-order chi connectivity index (χ0) is 13.8. The molecule has 0 N–H and O–H groups in total. The molecule has 1 aromatic rings. The molecule has 0 aliphatic carbocycles. The van der Waals surface area contributed by atoms with Crippen LogP contribution in [0, 0.1) is 13.8 Å². The zero-order valence-electron chi connectivity index (χ0n) is 12.2. The molecule has 0 bridgehead atoms. The maximum absolute atomic E-state index is 11.4. The molecular formula is C15H24N2O2. The second kappa shape index (κ2) is 6.33. The Morgan fingerprint density at radius 2 is 2.16 bits per heavy atom. The van der Waals surface area contributed by atoms with Crippen molar-refractivity contribution in [1.29, 1.82) is 0 Å². The molecule has 2 rings (SSSR count). The van der Waals surface area contributed by atoms with E-state index in [0.717, 1.165) is 36.9 Å². The summed E-state index contributed by atoms with van der Waals surface area (Å²) in [5.41, 5.74) is 0.966. The van der Waals surface area contributed by atoms with E-state index in [1.54, 1.807) is 6.92 Å². The summed E-state index contributed by atoms with van der Waals surface area (Å²) >= 11 is 0. The average Bonchev–Trinajstić information content (AvgIpc) is 2.52. The molecule has 19 heavy (non-hydrogen) atoms. The van der Waals surface area contributed by atoms with Crippen LogP contribution in [0.25, 0.3) is 0 Å². The van der Waals surface area contributed by atoms with Crippen molar-refractivity contribution in [3.63, 3.8) is 0 Å². The van der Waals surface area contributed by atoms with Crippen molar-refractivity contribution in [2.75, 3.05) is 6.54 Å². The van der Waals surface area contributed by atoms with Gasteiger partial charge in [0.25, 0.3) is 0 Å². The molecule has 0 amide bonds. The van der Waals surface area contributed by atoms with E-state index in [4.69, 9.17) is 4.42 Å². The minimum atomic E-state index is 0.275. The molecule has 4 heteroatoms. The van der Waals surface area contributed by atoms with Gasteiger partial charge in [-0.05, 0) is 40.2 Å². The highest BCUT2D eigenvalue weighted by atomic mass is 16.4. The smallest absolute Gasteiger partial charge is 0.208 e. The molecule has 0 saturated carbocycles. The first kappa shape index (κ1) is 14.3. The number of carbonyl (C=O) groups is 1. The number of aromatic nitrogens is 1. The molecule has 4 nitrogen and oxygen atoms in total. The number of likely N-dealkylation sites (tertiary alicyclic amines) is 1. The van der Waals surface area contributed by atoms with Gasteiger partial charge in [-0.15, -0.1) is 0 Å². The van der Waals surface area contributed by atoms with Gasteiger partial charge in [-0.1, -0.05) is 12.8 Å². The number of nitrogens with zero attached hydrogens (tertiary/aromatic N) is 2. The van der Waals surface area contributed by atoms with Crippen molar-refractivity contribution in [1.82, 2.24) is 9.88 Å². The molecule has 1 aromatic heterocycles. The number of hydrogen-bond acceptors (Lipinski definition) is 4. The van der Waals surface area contributed by atoms with Crippen LogP contribution in [-0.4, -0.2) is 28.3 Å². The number of oxazole rings is 1. The first-order valence-corrected chi connectivity index (χ1v) is 7.22. The van der Waals surface area contributed by atoms with E-state index in [0.29, 0.717) is 12.5 Å². The van der Waals surface area contributed by atoms with Crippen molar-refractivity contribution in [2.24, 2.45) is 0 Å². The quantitative estimate of drug-likeness (QED) is 0.838. The number of carbonyl (C=O) groups excluding carboxylic acids is 1. The average molecular weight is 264 g/mol. The SMILES string of the molecule is CC(=O)CC1CCCCCN1Cc1nc(C)c(C)o1. The Morgan fingerprint density at radius 3 is 2.79 bits per heavy atom. The Labute approximate surface area is 115 Å². The van der Waals surface area contributed by atoms with Gasteiger partial charge in [-0.3, -0.25) is 9.69 Å². The molecule has 1 aliphatic rings. The second-order valence-electron chi connectivity index (χ2n) is 5.63. The van der Waals surface area contributed by atoms with Crippen LogP contribution in [-0.2, 0) is 11.3 Å². The van der Waals surface area contributed by atoms with Crippen LogP contribution in [0.1, 0.15) is 56.4 Å². The first-order chi connectivity index (χ1) is 9.06. The van der Waals surface area contributed by atoms with Gasteiger partial charge >= 0.3 is 0 Å². The fraction of sp³-hybridized carbons (Fsp3) is 0.733. The highest BCUT2D eigenvalue weighted by Crippen LogP contribution is 2.22. The lowest BCUT2D eigenvalue weighted by Crippen LogP contribution is -2.35. The minimum Gasteiger partial charge on any atom is -0.444 e. The van der Waals surface area contributed by atoms with Gasteiger partial charge < -0.3 is 4.42 Å². The molecule has 0 radical (unpaired) electrons. The fourth-order valence-corrected chi connectivity index (χ4v) is 2.79. The Kier molecular flexibility index (Phi) is 4.75. The molecule has 2 heterocycles. The van der Waals surface area contributed by atoms with E-state index in [2.05, 4.69) is 9.88 Å². The van der Waals surface area contributed by atoms with Gasteiger partial charge in [0, 0.05) is 12.5 Å². The third-order valence-corrected chi connectivity index (χ3v) is 3.93. The van der Waals surface area contributed by atoms with Crippen molar-refractivity contribution in [2.45, 2.75) is 65.5 Å². The van der Waals surface area contributed by atoms with Gasteiger partial charge in [-0.2, -0.15) is 0 Å². The number of aryl methyl sites for hydroxylation is 2. The summed E-state index contributed by atoms with van der Waals surface area (Å²) in [5.74, 6) is 1.95. The van der Waals surface area contributed by atoms with E-state index in [-0.39, 0.29) is 5.78 Å². The van der Waals surface area contributed by atoms with Crippen LogP contribution in [0.3, 0.4) is 0 Å². The van der Waals surface area contributed by atoms with Crippen LogP contribution >= 0.6 is 0 Å². The lowest BCUT2D eigenvalue weighted by Gasteiger charge is -2.27. The van der Waals surface area contributed by atoms with Crippen molar-refractivity contribution >= 4 is 5.78 Å². The zero-order valence-corrected chi connectivity index (χ0v) is 12.2. The fourth-order valence-electron chi connectivity index (χ4n) is 2.79. The van der Waals surface area contributed by atoms with E-state index in [9.17, 15) is 4.79 Å². The largest absolute Gasteiger partial charge is 0.444 e. The Morgan fingerprint density at radius 1 is 1.37 bits per heavy atom. The maximum atomic E-state index is 11.4. The standard InChI is InChI=1S/C15H24N2O2/c1-11(18)9-14-7-5-4-6-8-17(14)10-15-16-12(2)13(3)19-15/h14H,4-10H2,1-3H3. The normalized spacial score (nSPS) is 21.3. The predicted octanol–water partition coefficient (Wildman–Crippen LogP) is 3.02. The molecule has 1 aliphatic heterocycles. The highest BCUT2D eigenvalue weighted by molar-refractivity contribution is 5.76. The Hall–Kier alpha value is -1.16. The molecule has 106 valence electrons. The highest BCUT2D eigenvalue weighted by Gasteiger charge is 2.23. The Bertz CT molecular complexity index is 420. The van der Waals surface area contributed by atoms with E-state index in [1.807, 2.05) is 13.8 Å². The second-order valence-corrected chi connectivity index (χ2v) is 5.63. The summed E-state index contributed by atoms with van der Waals surface area (Å²) in [4.78, 5) is 18.2. The molecule has 0 aromatic carbocycles. The van der Waals surface area contributed by atoms with Gasteiger partial charge in [0.2, 0.25) is 5.89 Å². The number of hydrogen-bond donors (Lipinski definition) is 0. The summed E-state index contributed by atoms with van der Waals surface area (Å²) in [6.45, 7) is 7.37. The summed E-state index contributed by atoms with van der Waals surface area (Å²) in [7, 11) is 0. The van der Waals surface area contributed by atoms with Gasteiger partial charge in [0.1, 0.15) is 11.5 Å². The minimum absolute atomic E-state index is 0.275. The summed E-state index contributed by atoms with van der Waals surface area (Å²) < 4.78 is 5.67. The number of ketones is 1. The van der Waals surface area contributed by atoms with Crippen LogP contribution in [0.4, 0.5) is 0 Å². The van der Waals surface area contributed by atoms with E-state index < -0.39 is 0 Å². The lowest BCUT2D eigenvalue weighted by atomic mass is 10.0. The molecule has 0 spiro atoms. The Balaban J connectivity index is 2.06. The summed E-state index contributed by atoms with van der Waals surface area (Å²) in [6.07, 6.45) is 5.44.